The summed E-state index contributed by atoms with van der Waals surface area (Å²) in [6, 6.07) is 2.29. The van der Waals surface area contributed by atoms with Crippen LogP contribution in [0.3, 0.4) is 0 Å². The number of carboxylic acid groups (broad SMARTS) is 1. The van der Waals surface area contributed by atoms with Crippen LogP contribution in [0.4, 0.5) is 8.78 Å². The maximum atomic E-state index is 13.8. The molecule has 2 aromatic rings. The van der Waals surface area contributed by atoms with Crippen LogP contribution in [0.15, 0.2) is 24.5 Å². The Kier molecular flexibility index (Phi) is 3.59. The third kappa shape index (κ3) is 2.47. The first-order valence-corrected chi connectivity index (χ1v) is 5.78. The molecule has 4 nitrogen and oxygen atoms in total. The second kappa shape index (κ2) is 5.17. The number of aryl methyl sites for hydroxylation is 1. The van der Waals surface area contributed by atoms with Gasteiger partial charge in [-0.25, -0.2) is 13.6 Å². The minimum atomic E-state index is -1.50. The van der Waals surface area contributed by atoms with E-state index in [2.05, 4.69) is 5.10 Å². The number of hydrogen-bond donors (Lipinski definition) is 1. The highest BCUT2D eigenvalue weighted by Crippen LogP contribution is 2.26. The van der Waals surface area contributed by atoms with Gasteiger partial charge in [0.05, 0.1) is 11.8 Å². The van der Waals surface area contributed by atoms with Crippen molar-refractivity contribution in [2.24, 2.45) is 0 Å². The van der Waals surface area contributed by atoms with Gasteiger partial charge in [-0.1, -0.05) is 13.0 Å². The number of aromatic carboxylic acids is 1. The maximum Gasteiger partial charge on any atom is 0.338 e. The standard InChI is InChI=1S/C13H12F2N2O2/c1-2-5-17-7-8(6-16-17)9-3-4-10(13(18)19)12(15)11(9)14/h3-4,6-7H,2,5H2,1H3,(H,18,19). The lowest BCUT2D eigenvalue weighted by Crippen LogP contribution is -2.03. The first kappa shape index (κ1) is 13.2. The molecule has 0 aliphatic rings. The predicted octanol–water partition coefficient (Wildman–Crippen LogP) is 2.94. The van der Waals surface area contributed by atoms with E-state index >= 15 is 0 Å². The normalized spacial score (nSPS) is 10.7. The number of rotatable bonds is 4. The van der Waals surface area contributed by atoms with Crippen LogP contribution in [0.5, 0.6) is 0 Å². The molecule has 0 fully saturated rings. The van der Waals surface area contributed by atoms with E-state index in [1.165, 1.54) is 12.3 Å². The quantitative estimate of drug-likeness (QED) is 0.925. The fourth-order valence-corrected chi connectivity index (χ4v) is 1.79. The molecule has 1 heterocycles. The van der Waals surface area contributed by atoms with Gasteiger partial charge in [0, 0.05) is 23.9 Å². The molecule has 1 aromatic heterocycles. The molecule has 0 aliphatic heterocycles. The summed E-state index contributed by atoms with van der Waals surface area (Å²) in [7, 11) is 0. The lowest BCUT2D eigenvalue weighted by atomic mass is 10.1. The zero-order chi connectivity index (χ0) is 14.0. The molecule has 0 spiro atoms. The Bertz CT molecular complexity index is 623. The number of carboxylic acids is 1. The first-order valence-electron chi connectivity index (χ1n) is 5.78. The summed E-state index contributed by atoms with van der Waals surface area (Å²) < 4.78 is 29.0. The van der Waals surface area contributed by atoms with Crippen molar-refractivity contribution in [1.29, 1.82) is 0 Å². The average molecular weight is 266 g/mol. The molecule has 0 saturated heterocycles. The molecule has 2 rings (SSSR count). The van der Waals surface area contributed by atoms with Gasteiger partial charge in [0.1, 0.15) is 0 Å². The van der Waals surface area contributed by atoms with Crippen molar-refractivity contribution in [2.45, 2.75) is 19.9 Å². The van der Waals surface area contributed by atoms with Crippen molar-refractivity contribution in [3.8, 4) is 11.1 Å². The van der Waals surface area contributed by atoms with Crippen molar-refractivity contribution in [3.05, 3.63) is 41.7 Å². The Hall–Kier alpha value is -2.24. The molecule has 0 bridgehead atoms. The molecule has 0 unspecified atom stereocenters. The third-order valence-corrected chi connectivity index (χ3v) is 2.71. The average Bonchev–Trinajstić information content (AvgIpc) is 2.81. The molecule has 0 aliphatic carbocycles. The predicted molar refractivity (Wildman–Crippen MR) is 64.8 cm³/mol. The van der Waals surface area contributed by atoms with Gasteiger partial charge in [0.25, 0.3) is 0 Å². The van der Waals surface area contributed by atoms with Gasteiger partial charge in [0.2, 0.25) is 0 Å². The first-order chi connectivity index (χ1) is 9.04. The number of hydrogen-bond acceptors (Lipinski definition) is 2. The van der Waals surface area contributed by atoms with E-state index in [0.717, 1.165) is 12.5 Å². The summed E-state index contributed by atoms with van der Waals surface area (Å²) in [6.45, 7) is 2.65. The fourth-order valence-electron chi connectivity index (χ4n) is 1.79. The molecule has 0 amide bonds. The molecule has 19 heavy (non-hydrogen) atoms. The summed E-state index contributed by atoms with van der Waals surface area (Å²) in [5, 5.41) is 12.7. The number of carbonyl (C=O) groups is 1. The highest BCUT2D eigenvalue weighted by molar-refractivity contribution is 5.88. The van der Waals surface area contributed by atoms with E-state index in [1.54, 1.807) is 10.9 Å². The molecule has 0 saturated carbocycles. The highest BCUT2D eigenvalue weighted by atomic mass is 19.2. The van der Waals surface area contributed by atoms with Gasteiger partial charge in [-0.2, -0.15) is 5.10 Å². The van der Waals surface area contributed by atoms with Crippen molar-refractivity contribution in [3.63, 3.8) is 0 Å². The molecule has 0 radical (unpaired) electrons. The molecule has 0 atom stereocenters. The van der Waals surface area contributed by atoms with Gasteiger partial charge in [-0.05, 0) is 12.5 Å². The van der Waals surface area contributed by atoms with Gasteiger partial charge >= 0.3 is 5.97 Å². The molecule has 100 valence electrons. The topological polar surface area (TPSA) is 55.1 Å². The Labute approximate surface area is 108 Å². The van der Waals surface area contributed by atoms with Gasteiger partial charge < -0.3 is 5.11 Å². The third-order valence-electron chi connectivity index (χ3n) is 2.71. The van der Waals surface area contributed by atoms with Crippen molar-refractivity contribution >= 4 is 5.97 Å². The van der Waals surface area contributed by atoms with Crippen molar-refractivity contribution in [1.82, 2.24) is 9.78 Å². The van der Waals surface area contributed by atoms with Crippen LogP contribution in [0.25, 0.3) is 11.1 Å². The Balaban J connectivity index is 2.45. The SMILES string of the molecule is CCCn1cc(-c2ccc(C(=O)O)c(F)c2F)cn1. The summed E-state index contributed by atoms with van der Waals surface area (Å²) in [4.78, 5) is 10.7. The second-order valence-electron chi connectivity index (χ2n) is 4.09. The summed E-state index contributed by atoms with van der Waals surface area (Å²) in [5.74, 6) is -4.02. The lowest BCUT2D eigenvalue weighted by Gasteiger charge is -2.04. The van der Waals surface area contributed by atoms with Crippen LogP contribution < -0.4 is 0 Å². The molecule has 1 N–H and O–H groups in total. The number of halogens is 2. The van der Waals surface area contributed by atoms with Crippen LogP contribution in [0.2, 0.25) is 0 Å². The smallest absolute Gasteiger partial charge is 0.338 e. The van der Waals surface area contributed by atoms with Crippen LogP contribution in [-0.2, 0) is 6.54 Å². The van der Waals surface area contributed by atoms with E-state index < -0.39 is 23.2 Å². The minimum Gasteiger partial charge on any atom is -0.478 e. The number of benzene rings is 1. The van der Waals surface area contributed by atoms with Crippen LogP contribution in [0.1, 0.15) is 23.7 Å². The van der Waals surface area contributed by atoms with E-state index in [-0.39, 0.29) is 5.56 Å². The Morgan fingerprint density at radius 1 is 1.37 bits per heavy atom. The van der Waals surface area contributed by atoms with E-state index in [4.69, 9.17) is 5.11 Å². The van der Waals surface area contributed by atoms with E-state index in [0.29, 0.717) is 12.1 Å². The summed E-state index contributed by atoms with van der Waals surface area (Å²) in [5.41, 5.74) is -0.256. The van der Waals surface area contributed by atoms with Crippen LogP contribution >= 0.6 is 0 Å². The van der Waals surface area contributed by atoms with Crippen LogP contribution in [0, 0.1) is 11.6 Å². The zero-order valence-corrected chi connectivity index (χ0v) is 10.2. The molecule has 1 aromatic carbocycles. The molecular formula is C13H12F2N2O2. The Morgan fingerprint density at radius 3 is 2.74 bits per heavy atom. The zero-order valence-electron chi connectivity index (χ0n) is 10.2. The minimum absolute atomic E-state index is 0.00449. The van der Waals surface area contributed by atoms with E-state index in [9.17, 15) is 13.6 Å². The lowest BCUT2D eigenvalue weighted by molar-refractivity contribution is 0.0690. The molecular weight excluding hydrogens is 254 g/mol. The van der Waals surface area contributed by atoms with E-state index in [1.807, 2.05) is 6.92 Å². The highest BCUT2D eigenvalue weighted by Gasteiger charge is 2.19. The Morgan fingerprint density at radius 2 is 2.11 bits per heavy atom. The van der Waals surface area contributed by atoms with Crippen molar-refractivity contribution in [2.75, 3.05) is 0 Å². The largest absolute Gasteiger partial charge is 0.478 e. The fraction of sp³-hybridized carbons (Fsp3) is 0.231. The van der Waals surface area contributed by atoms with Gasteiger partial charge in [-0.3, -0.25) is 4.68 Å². The number of aromatic nitrogens is 2. The van der Waals surface area contributed by atoms with Gasteiger partial charge in [0.15, 0.2) is 11.6 Å². The summed E-state index contributed by atoms with van der Waals surface area (Å²) >= 11 is 0. The maximum absolute atomic E-state index is 13.8. The second-order valence-corrected chi connectivity index (χ2v) is 4.09. The van der Waals surface area contributed by atoms with Crippen molar-refractivity contribution < 1.29 is 18.7 Å². The number of nitrogens with zero attached hydrogens (tertiary/aromatic N) is 2. The molecule has 6 heteroatoms. The monoisotopic (exact) mass is 266 g/mol. The van der Waals surface area contributed by atoms with Gasteiger partial charge in [-0.15, -0.1) is 0 Å². The van der Waals surface area contributed by atoms with Crippen LogP contribution in [-0.4, -0.2) is 20.9 Å². The summed E-state index contributed by atoms with van der Waals surface area (Å²) in [6.07, 6.45) is 3.89.